The number of fused-ring (bicyclic) bond motifs is 1. The van der Waals surface area contributed by atoms with Crippen LogP contribution in [0.25, 0.3) is 11.1 Å². The number of allylic oxidation sites excluding steroid dienone is 4. The summed E-state index contributed by atoms with van der Waals surface area (Å²) >= 11 is 0. The number of rotatable bonds is 4. The molecule has 2 atom stereocenters. The molecule has 0 amide bonds. The van der Waals surface area contributed by atoms with E-state index in [1.54, 1.807) is 0 Å². The second kappa shape index (κ2) is 5.99. The maximum absolute atomic E-state index is 12.1. The van der Waals surface area contributed by atoms with Gasteiger partial charge in [0.05, 0.1) is 5.41 Å². The van der Waals surface area contributed by atoms with Crippen molar-refractivity contribution in [1.29, 1.82) is 0 Å². The van der Waals surface area contributed by atoms with Gasteiger partial charge in [0.25, 0.3) is 0 Å². The van der Waals surface area contributed by atoms with Crippen LogP contribution in [-0.2, 0) is 9.98 Å². The number of hydrogen-bond acceptors (Lipinski definition) is 3. The summed E-state index contributed by atoms with van der Waals surface area (Å²) in [5, 5.41) is 0.205. The first kappa shape index (κ1) is 17.2. The molecule has 1 heterocycles. The third kappa shape index (κ3) is 2.57. The van der Waals surface area contributed by atoms with Crippen molar-refractivity contribution >= 4 is 18.7 Å². The summed E-state index contributed by atoms with van der Waals surface area (Å²) in [7, 11) is -4.36. The van der Waals surface area contributed by atoms with E-state index in [9.17, 15) is 14.4 Å². The van der Waals surface area contributed by atoms with E-state index in [1.165, 1.54) is 0 Å². The summed E-state index contributed by atoms with van der Waals surface area (Å²) < 4.78 is 18.1. The SMILES string of the molecule is CCC1=C(P(=O)(O)O)C(C)C(CC)(c2nc3ccccc3o2)C=C1. The van der Waals surface area contributed by atoms with E-state index in [0.29, 0.717) is 29.9 Å². The molecule has 1 aromatic carbocycles. The molecule has 1 aliphatic rings. The van der Waals surface area contributed by atoms with Gasteiger partial charge in [-0.1, -0.05) is 45.1 Å². The Morgan fingerprint density at radius 3 is 2.58 bits per heavy atom. The van der Waals surface area contributed by atoms with Gasteiger partial charge in [-0.15, -0.1) is 0 Å². The quantitative estimate of drug-likeness (QED) is 0.794. The van der Waals surface area contributed by atoms with Crippen LogP contribution < -0.4 is 0 Å². The predicted molar refractivity (Wildman–Crippen MR) is 93.6 cm³/mol. The second-order valence-corrected chi connectivity index (χ2v) is 7.81. The molecular formula is C18H22NO4P. The Kier molecular flexibility index (Phi) is 4.28. The first-order valence-corrected chi connectivity index (χ1v) is 9.79. The summed E-state index contributed by atoms with van der Waals surface area (Å²) in [6.07, 6.45) is 5.04. The standard InChI is InChI=1S/C18H22NO4P/c1-4-13-10-11-18(5-2,12(3)16(13)24(20,21)22)17-19-14-8-6-7-9-15(14)23-17/h6-12H,4-5H2,1-3H3,(H2,20,21,22). The van der Waals surface area contributed by atoms with Gasteiger partial charge in [0.1, 0.15) is 5.52 Å². The van der Waals surface area contributed by atoms with Crippen LogP contribution in [0.4, 0.5) is 0 Å². The number of aromatic nitrogens is 1. The Morgan fingerprint density at radius 2 is 2.00 bits per heavy atom. The van der Waals surface area contributed by atoms with Crippen molar-refractivity contribution in [1.82, 2.24) is 4.98 Å². The highest BCUT2D eigenvalue weighted by molar-refractivity contribution is 7.56. The first-order valence-electron chi connectivity index (χ1n) is 8.18. The fraction of sp³-hybridized carbons (Fsp3) is 0.389. The molecule has 0 radical (unpaired) electrons. The van der Waals surface area contributed by atoms with Crippen LogP contribution in [0.3, 0.4) is 0 Å². The molecule has 1 aliphatic carbocycles. The average molecular weight is 347 g/mol. The zero-order valence-electron chi connectivity index (χ0n) is 14.1. The highest BCUT2D eigenvalue weighted by Gasteiger charge is 2.47. The molecule has 0 aliphatic heterocycles. The zero-order valence-corrected chi connectivity index (χ0v) is 15.0. The molecular weight excluding hydrogens is 325 g/mol. The Hall–Kier alpha value is -1.68. The summed E-state index contributed by atoms with van der Waals surface area (Å²) in [5.74, 6) is 0.118. The van der Waals surface area contributed by atoms with Crippen molar-refractivity contribution in [2.75, 3.05) is 0 Å². The molecule has 0 saturated carbocycles. The number of para-hydroxylation sites is 2. The van der Waals surface area contributed by atoms with E-state index in [0.717, 1.165) is 5.52 Å². The van der Waals surface area contributed by atoms with Gasteiger partial charge in [0.15, 0.2) is 5.58 Å². The van der Waals surface area contributed by atoms with Gasteiger partial charge in [-0.3, -0.25) is 4.57 Å². The highest BCUT2D eigenvalue weighted by atomic mass is 31.2. The zero-order chi connectivity index (χ0) is 17.5. The van der Waals surface area contributed by atoms with Gasteiger partial charge in [-0.05, 0) is 30.5 Å². The number of benzene rings is 1. The third-order valence-corrected chi connectivity index (χ3v) is 6.37. The van der Waals surface area contributed by atoms with Gasteiger partial charge in [-0.2, -0.15) is 0 Å². The number of nitrogens with zero attached hydrogens (tertiary/aromatic N) is 1. The van der Waals surface area contributed by atoms with Crippen molar-refractivity contribution in [3.05, 3.63) is 53.2 Å². The van der Waals surface area contributed by atoms with Crippen LogP contribution in [0.2, 0.25) is 0 Å². The molecule has 2 aromatic rings. The summed E-state index contributed by atoms with van der Waals surface area (Å²) in [6.45, 7) is 5.75. The van der Waals surface area contributed by atoms with E-state index < -0.39 is 18.9 Å². The molecule has 2 N–H and O–H groups in total. The van der Waals surface area contributed by atoms with Crippen molar-refractivity contribution in [3.63, 3.8) is 0 Å². The maximum Gasteiger partial charge on any atom is 0.352 e. The van der Waals surface area contributed by atoms with Crippen LogP contribution >= 0.6 is 7.60 Å². The largest absolute Gasteiger partial charge is 0.440 e. The smallest absolute Gasteiger partial charge is 0.352 e. The molecule has 0 fully saturated rings. The molecule has 0 bridgehead atoms. The topological polar surface area (TPSA) is 83.6 Å². The molecule has 5 nitrogen and oxygen atoms in total. The average Bonchev–Trinajstić information content (AvgIpc) is 2.97. The van der Waals surface area contributed by atoms with Gasteiger partial charge in [-0.25, -0.2) is 4.98 Å². The van der Waals surface area contributed by atoms with Crippen LogP contribution in [0.1, 0.15) is 39.5 Å². The van der Waals surface area contributed by atoms with E-state index in [4.69, 9.17) is 4.42 Å². The van der Waals surface area contributed by atoms with Crippen LogP contribution in [0.15, 0.2) is 51.7 Å². The van der Waals surface area contributed by atoms with Crippen molar-refractivity contribution in [3.8, 4) is 0 Å². The van der Waals surface area contributed by atoms with Crippen molar-refractivity contribution in [2.24, 2.45) is 5.92 Å². The van der Waals surface area contributed by atoms with Crippen LogP contribution in [0.5, 0.6) is 0 Å². The summed E-state index contributed by atoms with van der Waals surface area (Å²) in [4.78, 5) is 24.4. The maximum atomic E-state index is 12.1. The van der Waals surface area contributed by atoms with Gasteiger partial charge in [0, 0.05) is 11.2 Å². The lowest BCUT2D eigenvalue weighted by Crippen LogP contribution is -2.35. The Labute approximate surface area is 141 Å². The minimum Gasteiger partial charge on any atom is -0.440 e. The molecule has 1 aromatic heterocycles. The summed E-state index contributed by atoms with van der Waals surface area (Å²) in [5.41, 5.74) is 1.48. The minimum absolute atomic E-state index is 0.205. The fourth-order valence-corrected chi connectivity index (χ4v) is 4.98. The number of oxazole rings is 1. The molecule has 3 rings (SSSR count). The van der Waals surface area contributed by atoms with Gasteiger partial charge < -0.3 is 14.2 Å². The lowest BCUT2D eigenvalue weighted by atomic mass is 9.70. The van der Waals surface area contributed by atoms with Crippen LogP contribution in [0, 0.1) is 5.92 Å². The molecule has 0 saturated heterocycles. The normalized spacial score (nSPS) is 24.8. The van der Waals surface area contributed by atoms with E-state index in [2.05, 4.69) is 4.98 Å². The molecule has 24 heavy (non-hydrogen) atoms. The highest BCUT2D eigenvalue weighted by Crippen LogP contribution is 2.58. The fourth-order valence-electron chi connectivity index (χ4n) is 3.64. The molecule has 128 valence electrons. The van der Waals surface area contributed by atoms with Crippen molar-refractivity contribution in [2.45, 2.75) is 39.0 Å². The Morgan fingerprint density at radius 1 is 1.29 bits per heavy atom. The second-order valence-electron chi connectivity index (χ2n) is 6.24. The monoisotopic (exact) mass is 347 g/mol. The molecule has 2 unspecified atom stereocenters. The van der Waals surface area contributed by atoms with Crippen LogP contribution in [-0.4, -0.2) is 14.8 Å². The molecule has 6 heteroatoms. The molecule has 0 spiro atoms. The van der Waals surface area contributed by atoms with E-state index in [-0.39, 0.29) is 5.31 Å². The predicted octanol–water partition coefficient (Wildman–Crippen LogP) is 4.52. The lowest BCUT2D eigenvalue weighted by molar-refractivity contribution is 0.299. The van der Waals surface area contributed by atoms with Gasteiger partial charge in [0.2, 0.25) is 5.89 Å². The minimum atomic E-state index is -4.36. The third-order valence-electron chi connectivity index (χ3n) is 5.07. The van der Waals surface area contributed by atoms with E-state index in [1.807, 2.05) is 57.2 Å². The Bertz CT molecular complexity index is 843. The number of hydrogen-bond donors (Lipinski definition) is 2. The Balaban J connectivity index is 2.19. The lowest BCUT2D eigenvalue weighted by Gasteiger charge is -2.38. The van der Waals surface area contributed by atoms with E-state index >= 15 is 0 Å². The van der Waals surface area contributed by atoms with Crippen molar-refractivity contribution < 1.29 is 18.8 Å². The summed E-state index contributed by atoms with van der Waals surface area (Å²) in [6, 6.07) is 7.50. The van der Waals surface area contributed by atoms with Gasteiger partial charge >= 0.3 is 7.60 Å². The first-order chi connectivity index (χ1) is 11.3.